The van der Waals surface area contributed by atoms with Gasteiger partial charge in [-0.3, -0.25) is 0 Å². The molecule has 0 amide bonds. The summed E-state index contributed by atoms with van der Waals surface area (Å²) in [4.78, 5) is 14.2. The molecule has 2 aromatic rings. The molecule has 76 valence electrons. The van der Waals surface area contributed by atoms with E-state index in [9.17, 15) is 4.79 Å². The van der Waals surface area contributed by atoms with E-state index in [1.54, 1.807) is 11.4 Å². The molecule has 1 aromatic heterocycles. The Hall–Kier alpha value is -1.68. The molecule has 0 fully saturated rings. The molecule has 0 bridgehead atoms. The van der Waals surface area contributed by atoms with Gasteiger partial charge in [0, 0.05) is 16.3 Å². The van der Waals surface area contributed by atoms with E-state index < -0.39 is 0 Å². The second kappa shape index (κ2) is 3.82. The van der Waals surface area contributed by atoms with Gasteiger partial charge in [0.2, 0.25) is 0 Å². The van der Waals surface area contributed by atoms with Crippen molar-refractivity contribution >= 4 is 34.5 Å². The van der Waals surface area contributed by atoms with Crippen LogP contribution in [0, 0.1) is 0 Å². The third kappa shape index (κ3) is 1.76. The van der Waals surface area contributed by atoms with Crippen molar-refractivity contribution < 1.29 is 9.53 Å². The lowest BCUT2D eigenvalue weighted by atomic mass is 10.2. The highest BCUT2D eigenvalue weighted by Gasteiger charge is 2.08. The standard InChI is InChI=1S/C11H9NO2S/c1-14-11(13)10-5-8-4-7(6-15)2-3-9(8)12-10/h2-6,12H,1H3. The van der Waals surface area contributed by atoms with E-state index in [0.717, 1.165) is 16.5 Å². The van der Waals surface area contributed by atoms with Gasteiger partial charge in [-0.05, 0) is 23.8 Å². The van der Waals surface area contributed by atoms with E-state index in [2.05, 4.69) is 9.72 Å². The van der Waals surface area contributed by atoms with Gasteiger partial charge in [0.15, 0.2) is 0 Å². The average molecular weight is 219 g/mol. The van der Waals surface area contributed by atoms with Crippen molar-refractivity contribution in [1.29, 1.82) is 0 Å². The van der Waals surface area contributed by atoms with E-state index in [-0.39, 0.29) is 5.97 Å². The molecule has 0 spiro atoms. The first-order valence-electron chi connectivity index (χ1n) is 4.41. The van der Waals surface area contributed by atoms with Crippen LogP contribution in [0.2, 0.25) is 0 Å². The summed E-state index contributed by atoms with van der Waals surface area (Å²) in [5, 5.41) is 2.55. The molecule has 3 nitrogen and oxygen atoms in total. The molecular formula is C11H9NO2S. The second-order valence-corrected chi connectivity index (χ2v) is 3.37. The Morgan fingerprint density at radius 3 is 2.93 bits per heavy atom. The van der Waals surface area contributed by atoms with E-state index in [1.165, 1.54) is 7.11 Å². The van der Waals surface area contributed by atoms with Gasteiger partial charge in [0.05, 0.1) is 7.11 Å². The molecule has 2 rings (SSSR count). The Bertz CT molecular complexity index is 530. The fourth-order valence-electron chi connectivity index (χ4n) is 1.44. The molecule has 1 N–H and O–H groups in total. The van der Waals surface area contributed by atoms with Crippen LogP contribution < -0.4 is 0 Å². The maximum atomic E-state index is 11.3. The predicted molar refractivity (Wildman–Crippen MR) is 62.4 cm³/mol. The molecule has 0 aliphatic rings. The number of nitrogens with one attached hydrogen (secondary N) is 1. The predicted octanol–water partition coefficient (Wildman–Crippen LogP) is 2.30. The lowest BCUT2D eigenvalue weighted by Crippen LogP contribution is -2.00. The monoisotopic (exact) mass is 219 g/mol. The molecule has 4 heteroatoms. The molecule has 1 heterocycles. The number of carbonyl (C=O) groups excluding carboxylic acids is 1. The number of H-pyrrole nitrogens is 1. The summed E-state index contributed by atoms with van der Waals surface area (Å²) in [6.45, 7) is 0. The number of methoxy groups -OCH3 is 1. The SMILES string of the molecule is COC(=O)c1cc2cc(C=S)ccc2[nH]1. The van der Waals surface area contributed by atoms with Crippen LogP contribution in [0.25, 0.3) is 10.9 Å². The number of benzene rings is 1. The molecular weight excluding hydrogens is 210 g/mol. The number of thiocarbonyl (C=S) groups is 1. The second-order valence-electron chi connectivity index (χ2n) is 3.14. The lowest BCUT2D eigenvalue weighted by molar-refractivity contribution is 0.0595. The first-order chi connectivity index (χ1) is 7.24. The zero-order valence-electron chi connectivity index (χ0n) is 8.11. The number of ether oxygens (including phenoxy) is 1. The minimum atomic E-state index is -0.366. The largest absolute Gasteiger partial charge is 0.464 e. The van der Waals surface area contributed by atoms with Gasteiger partial charge in [-0.25, -0.2) is 4.79 Å². The van der Waals surface area contributed by atoms with Crippen molar-refractivity contribution in [3.63, 3.8) is 0 Å². The number of carbonyl (C=O) groups is 1. The number of aromatic nitrogens is 1. The zero-order valence-corrected chi connectivity index (χ0v) is 8.93. The van der Waals surface area contributed by atoms with Crippen LogP contribution in [0.1, 0.15) is 16.1 Å². The third-order valence-electron chi connectivity index (χ3n) is 2.19. The Morgan fingerprint density at radius 2 is 2.27 bits per heavy atom. The quantitative estimate of drug-likeness (QED) is 0.622. The van der Waals surface area contributed by atoms with Crippen LogP contribution in [0.5, 0.6) is 0 Å². The Kier molecular flexibility index (Phi) is 2.51. The Labute approximate surface area is 92.1 Å². The molecule has 0 atom stereocenters. The summed E-state index contributed by atoms with van der Waals surface area (Å²) >= 11 is 4.84. The molecule has 0 radical (unpaired) electrons. The van der Waals surface area contributed by atoms with Crippen molar-refractivity contribution in [2.24, 2.45) is 0 Å². The number of aromatic amines is 1. The van der Waals surface area contributed by atoms with Crippen LogP contribution in [0.3, 0.4) is 0 Å². The summed E-state index contributed by atoms with van der Waals surface area (Å²) in [6, 6.07) is 7.46. The fourth-order valence-corrected chi connectivity index (χ4v) is 1.59. The highest BCUT2D eigenvalue weighted by atomic mass is 32.1. The van der Waals surface area contributed by atoms with Gasteiger partial charge < -0.3 is 9.72 Å². The number of rotatable bonds is 2. The zero-order chi connectivity index (χ0) is 10.8. The fraction of sp³-hybridized carbons (Fsp3) is 0.0909. The normalized spacial score (nSPS) is 10.2. The Morgan fingerprint density at radius 1 is 1.47 bits per heavy atom. The average Bonchev–Trinajstić information content (AvgIpc) is 2.70. The van der Waals surface area contributed by atoms with Crippen LogP contribution in [-0.2, 0) is 4.74 Å². The summed E-state index contributed by atoms with van der Waals surface area (Å²) in [5.74, 6) is -0.366. The van der Waals surface area contributed by atoms with E-state index >= 15 is 0 Å². The smallest absolute Gasteiger partial charge is 0.354 e. The van der Waals surface area contributed by atoms with Crippen molar-refractivity contribution in [2.45, 2.75) is 0 Å². The first kappa shape index (κ1) is 9.86. The topological polar surface area (TPSA) is 42.1 Å². The van der Waals surface area contributed by atoms with Crippen LogP contribution in [-0.4, -0.2) is 23.4 Å². The minimum Gasteiger partial charge on any atom is -0.464 e. The van der Waals surface area contributed by atoms with Crippen molar-refractivity contribution in [1.82, 2.24) is 4.98 Å². The van der Waals surface area contributed by atoms with Crippen molar-refractivity contribution in [3.05, 3.63) is 35.5 Å². The third-order valence-corrected chi connectivity index (χ3v) is 2.46. The highest BCUT2D eigenvalue weighted by molar-refractivity contribution is 7.79. The maximum Gasteiger partial charge on any atom is 0.354 e. The molecule has 0 aliphatic heterocycles. The van der Waals surface area contributed by atoms with Gasteiger partial charge in [-0.1, -0.05) is 18.3 Å². The van der Waals surface area contributed by atoms with Crippen LogP contribution >= 0.6 is 12.2 Å². The van der Waals surface area contributed by atoms with Gasteiger partial charge >= 0.3 is 5.97 Å². The first-order valence-corrected chi connectivity index (χ1v) is 4.88. The maximum absolute atomic E-state index is 11.3. The number of fused-ring (bicyclic) bond motifs is 1. The molecule has 0 aliphatic carbocycles. The minimum absolute atomic E-state index is 0.366. The van der Waals surface area contributed by atoms with Gasteiger partial charge in [-0.2, -0.15) is 0 Å². The number of hydrogen-bond acceptors (Lipinski definition) is 3. The van der Waals surface area contributed by atoms with E-state index in [0.29, 0.717) is 5.69 Å². The summed E-state index contributed by atoms with van der Waals surface area (Å²) in [6.07, 6.45) is 0. The molecule has 0 saturated carbocycles. The van der Waals surface area contributed by atoms with Gasteiger partial charge in [0.25, 0.3) is 0 Å². The molecule has 0 saturated heterocycles. The molecule has 15 heavy (non-hydrogen) atoms. The number of hydrogen-bond donors (Lipinski definition) is 1. The summed E-state index contributed by atoms with van der Waals surface area (Å²) in [5.41, 5.74) is 2.30. The molecule has 1 aromatic carbocycles. The van der Waals surface area contributed by atoms with Gasteiger partial charge in [0.1, 0.15) is 5.69 Å². The Balaban J connectivity index is 2.55. The lowest BCUT2D eigenvalue weighted by Gasteiger charge is -1.92. The van der Waals surface area contributed by atoms with Crippen LogP contribution in [0.15, 0.2) is 24.3 Å². The summed E-state index contributed by atoms with van der Waals surface area (Å²) < 4.78 is 4.62. The molecule has 0 unspecified atom stereocenters. The van der Waals surface area contributed by atoms with Crippen LogP contribution in [0.4, 0.5) is 0 Å². The van der Waals surface area contributed by atoms with Gasteiger partial charge in [-0.15, -0.1) is 0 Å². The highest BCUT2D eigenvalue weighted by Crippen LogP contribution is 2.17. The van der Waals surface area contributed by atoms with Crippen molar-refractivity contribution in [3.8, 4) is 0 Å². The van der Waals surface area contributed by atoms with Crippen molar-refractivity contribution in [2.75, 3.05) is 7.11 Å². The summed E-state index contributed by atoms with van der Waals surface area (Å²) in [7, 11) is 1.36. The number of esters is 1. The van der Waals surface area contributed by atoms with E-state index in [1.807, 2.05) is 18.2 Å². The van der Waals surface area contributed by atoms with E-state index in [4.69, 9.17) is 12.2 Å².